The van der Waals surface area contributed by atoms with Gasteiger partial charge in [-0.25, -0.2) is 14.1 Å². The molecule has 10 heteroatoms. The molecule has 1 amide bonds. The van der Waals surface area contributed by atoms with E-state index >= 15 is 0 Å². The first-order chi connectivity index (χ1) is 13.9. The average molecular weight is 440 g/mol. The molecule has 0 saturated heterocycles. The van der Waals surface area contributed by atoms with Crippen molar-refractivity contribution in [1.29, 1.82) is 0 Å². The first kappa shape index (κ1) is 21.9. The number of carbonyl (C=O) groups is 1. The van der Waals surface area contributed by atoms with E-state index in [-0.39, 0.29) is 12.4 Å². The summed E-state index contributed by atoms with van der Waals surface area (Å²) in [4.78, 5) is 18.6. The van der Waals surface area contributed by atoms with Gasteiger partial charge in [0.1, 0.15) is 12.4 Å². The lowest BCUT2D eigenvalue weighted by Gasteiger charge is -2.29. The normalized spacial score (nSPS) is 12.2. The van der Waals surface area contributed by atoms with Gasteiger partial charge in [-0.05, 0) is 41.1 Å². The van der Waals surface area contributed by atoms with E-state index < -0.39 is 29.9 Å². The van der Waals surface area contributed by atoms with Gasteiger partial charge in [-0.1, -0.05) is 26.8 Å². The Hall–Kier alpha value is -2.75. The van der Waals surface area contributed by atoms with E-state index in [1.807, 2.05) is 0 Å². The summed E-state index contributed by atoms with van der Waals surface area (Å²) in [7, 11) is 0. The van der Waals surface area contributed by atoms with Crippen molar-refractivity contribution in [1.82, 2.24) is 19.7 Å². The van der Waals surface area contributed by atoms with Crippen molar-refractivity contribution in [2.24, 2.45) is 5.41 Å². The molecule has 0 unspecified atom stereocenters. The summed E-state index contributed by atoms with van der Waals surface area (Å²) in [6, 6.07) is 8.90. The molecule has 5 nitrogen and oxygen atoms in total. The molecule has 2 aromatic heterocycles. The molecule has 0 atom stereocenters. The van der Waals surface area contributed by atoms with Crippen molar-refractivity contribution in [2.75, 3.05) is 13.1 Å². The van der Waals surface area contributed by atoms with Crippen LogP contribution in [0.25, 0.3) is 16.4 Å². The molecule has 0 aliphatic rings. The molecule has 0 bridgehead atoms. The van der Waals surface area contributed by atoms with Gasteiger partial charge in [-0.15, -0.1) is 16.4 Å². The molecule has 30 heavy (non-hydrogen) atoms. The minimum Gasteiger partial charge on any atom is -0.326 e. The number of hydrogen-bond acceptors (Lipinski definition) is 4. The minimum absolute atomic E-state index is 0.120. The number of alkyl halides is 3. The summed E-state index contributed by atoms with van der Waals surface area (Å²) in [5.74, 6) is -1.42. The van der Waals surface area contributed by atoms with Gasteiger partial charge in [-0.3, -0.25) is 4.79 Å². The maximum atomic E-state index is 13.3. The van der Waals surface area contributed by atoms with Crippen LogP contribution < -0.4 is 0 Å². The zero-order valence-corrected chi connectivity index (χ0v) is 17.4. The number of hydrogen-bond donors (Lipinski definition) is 0. The fourth-order valence-electron chi connectivity index (χ4n) is 2.86. The summed E-state index contributed by atoms with van der Waals surface area (Å²) < 4.78 is 53.9. The van der Waals surface area contributed by atoms with E-state index in [2.05, 4.69) is 10.1 Å². The van der Waals surface area contributed by atoms with Gasteiger partial charge in [0.2, 0.25) is 5.82 Å². The van der Waals surface area contributed by atoms with Gasteiger partial charge in [-0.2, -0.15) is 13.2 Å². The zero-order valence-electron chi connectivity index (χ0n) is 16.6. The number of carbonyl (C=O) groups excluding carboxylic acids is 1. The number of rotatable bonds is 5. The van der Waals surface area contributed by atoms with Crippen molar-refractivity contribution in [3.05, 3.63) is 53.4 Å². The highest BCUT2D eigenvalue weighted by atomic mass is 32.1. The van der Waals surface area contributed by atoms with Crippen LogP contribution in [-0.2, 0) is 0 Å². The van der Waals surface area contributed by atoms with Crippen LogP contribution in [0.2, 0.25) is 0 Å². The minimum atomic E-state index is -4.56. The van der Waals surface area contributed by atoms with E-state index in [0.717, 1.165) is 0 Å². The van der Waals surface area contributed by atoms with E-state index in [0.29, 0.717) is 21.3 Å². The Bertz CT molecular complexity index is 989. The Morgan fingerprint density at radius 2 is 1.77 bits per heavy atom. The van der Waals surface area contributed by atoms with Crippen molar-refractivity contribution in [3.8, 4) is 16.4 Å². The molecule has 2 heterocycles. The standard InChI is InChI=1S/C20H20F4N4OS/c1-19(2,3)11-27(12-20(22,23)24)18(29)16-25-17(15-5-4-10-30-15)28(26-16)14-8-6-13(21)7-9-14/h4-10H,11-12H2,1-3H3. The maximum absolute atomic E-state index is 13.3. The lowest BCUT2D eigenvalue weighted by atomic mass is 9.96. The van der Waals surface area contributed by atoms with Crippen molar-refractivity contribution in [3.63, 3.8) is 0 Å². The molecule has 3 aromatic rings. The predicted molar refractivity (Wildman–Crippen MR) is 106 cm³/mol. The molecular formula is C20H20F4N4OS. The number of halogens is 4. The topological polar surface area (TPSA) is 51.0 Å². The summed E-state index contributed by atoms with van der Waals surface area (Å²) in [6.07, 6.45) is -4.56. The average Bonchev–Trinajstić information content (AvgIpc) is 3.28. The highest BCUT2D eigenvalue weighted by Gasteiger charge is 2.36. The third-order valence-corrected chi connectivity index (χ3v) is 4.80. The monoisotopic (exact) mass is 440 g/mol. The fourth-order valence-corrected chi connectivity index (χ4v) is 3.56. The number of nitrogens with zero attached hydrogens (tertiary/aromatic N) is 4. The quantitative estimate of drug-likeness (QED) is 0.514. The highest BCUT2D eigenvalue weighted by molar-refractivity contribution is 7.13. The van der Waals surface area contributed by atoms with Gasteiger partial charge < -0.3 is 4.90 Å². The molecule has 1 aromatic carbocycles. The van der Waals surface area contributed by atoms with Gasteiger partial charge in [0.15, 0.2) is 5.82 Å². The first-order valence-electron chi connectivity index (χ1n) is 9.06. The molecule has 160 valence electrons. The van der Waals surface area contributed by atoms with Crippen LogP contribution in [-0.4, -0.2) is 44.8 Å². The molecule has 0 aliphatic carbocycles. The highest BCUT2D eigenvalue weighted by Crippen LogP contribution is 2.27. The Kier molecular flexibility index (Phi) is 5.98. The van der Waals surface area contributed by atoms with Crippen LogP contribution >= 0.6 is 11.3 Å². The number of amides is 1. The Balaban J connectivity index is 2.04. The first-order valence-corrected chi connectivity index (χ1v) is 9.94. The second kappa shape index (κ2) is 8.17. The van der Waals surface area contributed by atoms with Crippen LogP contribution in [0.5, 0.6) is 0 Å². The summed E-state index contributed by atoms with van der Waals surface area (Å²) in [5.41, 5.74) is -0.124. The molecular weight excluding hydrogens is 420 g/mol. The molecule has 0 N–H and O–H groups in total. The third kappa shape index (κ3) is 5.44. The number of thiophene rings is 1. The molecule has 3 rings (SSSR count). The zero-order chi connectivity index (χ0) is 22.1. The van der Waals surface area contributed by atoms with Crippen LogP contribution in [0.15, 0.2) is 41.8 Å². The van der Waals surface area contributed by atoms with Crippen LogP contribution in [0.3, 0.4) is 0 Å². The molecule has 0 spiro atoms. The number of aromatic nitrogens is 3. The van der Waals surface area contributed by atoms with Gasteiger partial charge in [0, 0.05) is 6.54 Å². The van der Waals surface area contributed by atoms with E-state index in [9.17, 15) is 22.4 Å². The Labute approximate surface area is 175 Å². The smallest absolute Gasteiger partial charge is 0.326 e. The second-order valence-electron chi connectivity index (χ2n) is 7.96. The lowest BCUT2D eigenvalue weighted by Crippen LogP contribution is -2.43. The van der Waals surface area contributed by atoms with E-state index in [1.54, 1.807) is 38.3 Å². The van der Waals surface area contributed by atoms with Crippen molar-refractivity contribution in [2.45, 2.75) is 26.9 Å². The van der Waals surface area contributed by atoms with Gasteiger partial charge >= 0.3 is 6.18 Å². The summed E-state index contributed by atoms with van der Waals surface area (Å²) >= 11 is 1.34. The Morgan fingerprint density at radius 3 is 2.30 bits per heavy atom. The van der Waals surface area contributed by atoms with Gasteiger partial charge in [0.25, 0.3) is 5.91 Å². The van der Waals surface area contributed by atoms with Crippen LogP contribution in [0.1, 0.15) is 31.4 Å². The SMILES string of the molecule is CC(C)(C)CN(CC(F)(F)F)C(=O)c1nc(-c2cccs2)n(-c2ccc(F)cc2)n1. The van der Waals surface area contributed by atoms with Gasteiger partial charge in [0.05, 0.1) is 10.6 Å². The fraction of sp³-hybridized carbons (Fsp3) is 0.350. The largest absolute Gasteiger partial charge is 0.406 e. The molecule has 0 aliphatic heterocycles. The number of benzene rings is 1. The van der Waals surface area contributed by atoms with E-state index in [4.69, 9.17) is 0 Å². The van der Waals surface area contributed by atoms with Crippen LogP contribution in [0.4, 0.5) is 17.6 Å². The predicted octanol–water partition coefficient (Wildman–Crippen LogP) is 5.19. The lowest BCUT2D eigenvalue weighted by molar-refractivity contribution is -0.142. The maximum Gasteiger partial charge on any atom is 0.406 e. The summed E-state index contributed by atoms with van der Waals surface area (Å²) in [5, 5.41) is 5.98. The molecule has 0 radical (unpaired) electrons. The second-order valence-corrected chi connectivity index (χ2v) is 8.91. The third-order valence-electron chi connectivity index (χ3n) is 3.93. The van der Waals surface area contributed by atoms with E-state index in [1.165, 1.54) is 40.3 Å². The van der Waals surface area contributed by atoms with Crippen LogP contribution in [0, 0.1) is 11.2 Å². The Morgan fingerprint density at radius 1 is 1.10 bits per heavy atom. The van der Waals surface area contributed by atoms with Crippen molar-refractivity contribution < 1.29 is 22.4 Å². The van der Waals surface area contributed by atoms with Crippen molar-refractivity contribution >= 4 is 17.2 Å². The molecule has 0 fully saturated rings. The summed E-state index contributed by atoms with van der Waals surface area (Å²) in [6.45, 7) is 3.70. The molecule has 0 saturated carbocycles.